The van der Waals surface area contributed by atoms with Gasteiger partial charge in [-0.2, -0.15) is 9.40 Å². The van der Waals surface area contributed by atoms with Crippen molar-refractivity contribution in [3.8, 4) is 0 Å². The molecule has 0 bridgehead atoms. The van der Waals surface area contributed by atoms with Crippen LogP contribution in [-0.2, 0) is 10.0 Å². The third-order valence-electron chi connectivity index (χ3n) is 2.50. The molecule has 0 saturated carbocycles. The van der Waals surface area contributed by atoms with Gasteiger partial charge in [-0.3, -0.25) is 5.10 Å². The SMILES string of the molecule is O=C(O)c1cn[nH]c1S(=O)(=O)N1CCCC1. The number of H-pyrrole nitrogens is 1. The first-order chi connectivity index (χ1) is 7.53. The van der Waals surface area contributed by atoms with Crippen molar-refractivity contribution in [1.29, 1.82) is 0 Å². The number of rotatable bonds is 3. The lowest BCUT2D eigenvalue weighted by Crippen LogP contribution is -2.29. The molecule has 1 saturated heterocycles. The summed E-state index contributed by atoms with van der Waals surface area (Å²) >= 11 is 0. The molecule has 88 valence electrons. The molecular formula is C8H11N3O4S. The summed E-state index contributed by atoms with van der Waals surface area (Å²) < 4.78 is 25.3. The fourth-order valence-corrected chi connectivity index (χ4v) is 3.26. The lowest BCUT2D eigenvalue weighted by Gasteiger charge is -2.14. The van der Waals surface area contributed by atoms with Gasteiger partial charge in [0.25, 0.3) is 10.0 Å². The molecule has 0 amide bonds. The Hall–Kier alpha value is -1.41. The maximum Gasteiger partial charge on any atom is 0.340 e. The highest BCUT2D eigenvalue weighted by Crippen LogP contribution is 2.21. The van der Waals surface area contributed by atoms with Crippen molar-refractivity contribution in [3.05, 3.63) is 11.8 Å². The smallest absolute Gasteiger partial charge is 0.340 e. The van der Waals surface area contributed by atoms with Crippen molar-refractivity contribution in [2.45, 2.75) is 17.9 Å². The van der Waals surface area contributed by atoms with Crippen LogP contribution in [0, 0.1) is 0 Å². The topological polar surface area (TPSA) is 103 Å². The van der Waals surface area contributed by atoms with Gasteiger partial charge >= 0.3 is 5.97 Å². The Balaban J connectivity index is 2.42. The molecule has 1 aliphatic heterocycles. The number of aromatic amines is 1. The Morgan fingerprint density at radius 3 is 2.62 bits per heavy atom. The lowest BCUT2D eigenvalue weighted by atomic mass is 10.4. The summed E-state index contributed by atoms with van der Waals surface area (Å²) in [6, 6.07) is 0. The van der Waals surface area contributed by atoms with Crippen molar-refractivity contribution in [3.63, 3.8) is 0 Å². The van der Waals surface area contributed by atoms with Gasteiger partial charge in [0.05, 0.1) is 6.20 Å². The molecule has 0 unspecified atom stereocenters. The maximum atomic E-state index is 12.0. The van der Waals surface area contributed by atoms with Crippen molar-refractivity contribution < 1.29 is 18.3 Å². The number of aromatic carboxylic acids is 1. The Labute approximate surface area is 92.1 Å². The molecular weight excluding hydrogens is 234 g/mol. The van der Waals surface area contributed by atoms with Crippen LogP contribution in [0.3, 0.4) is 0 Å². The molecule has 2 heterocycles. The Morgan fingerprint density at radius 2 is 2.06 bits per heavy atom. The van der Waals surface area contributed by atoms with E-state index in [0.29, 0.717) is 13.1 Å². The van der Waals surface area contributed by atoms with Gasteiger partial charge in [-0.25, -0.2) is 13.2 Å². The highest BCUT2D eigenvalue weighted by Gasteiger charge is 2.32. The van der Waals surface area contributed by atoms with E-state index in [1.807, 2.05) is 0 Å². The number of aromatic nitrogens is 2. The van der Waals surface area contributed by atoms with E-state index in [4.69, 9.17) is 5.11 Å². The molecule has 2 rings (SSSR count). The second kappa shape index (κ2) is 3.87. The largest absolute Gasteiger partial charge is 0.478 e. The molecule has 7 nitrogen and oxygen atoms in total. The number of nitrogens with one attached hydrogen (secondary N) is 1. The van der Waals surface area contributed by atoms with Gasteiger partial charge in [0.1, 0.15) is 5.56 Å². The molecule has 8 heteroatoms. The number of sulfonamides is 1. The monoisotopic (exact) mass is 245 g/mol. The second-order valence-electron chi connectivity index (χ2n) is 3.53. The molecule has 16 heavy (non-hydrogen) atoms. The van der Waals surface area contributed by atoms with E-state index < -0.39 is 16.0 Å². The zero-order valence-electron chi connectivity index (χ0n) is 8.38. The van der Waals surface area contributed by atoms with E-state index in [1.54, 1.807) is 0 Å². The molecule has 0 atom stereocenters. The fourth-order valence-electron chi connectivity index (χ4n) is 1.68. The Kier molecular flexibility index (Phi) is 2.68. The summed E-state index contributed by atoms with van der Waals surface area (Å²) in [5.74, 6) is -1.30. The number of carboxylic acid groups (broad SMARTS) is 1. The van der Waals surface area contributed by atoms with Crippen LogP contribution < -0.4 is 0 Å². The van der Waals surface area contributed by atoms with Crippen LogP contribution in [0.25, 0.3) is 0 Å². The highest BCUT2D eigenvalue weighted by atomic mass is 32.2. The van der Waals surface area contributed by atoms with Crippen molar-refractivity contribution in [2.24, 2.45) is 0 Å². The van der Waals surface area contributed by atoms with E-state index in [0.717, 1.165) is 19.0 Å². The van der Waals surface area contributed by atoms with Crippen LogP contribution in [0.5, 0.6) is 0 Å². The first-order valence-corrected chi connectivity index (χ1v) is 6.24. The van der Waals surface area contributed by atoms with Crippen LogP contribution in [0.15, 0.2) is 11.2 Å². The summed E-state index contributed by atoms with van der Waals surface area (Å²) in [4.78, 5) is 10.8. The molecule has 1 aromatic rings. The molecule has 1 aromatic heterocycles. The fraction of sp³-hybridized carbons (Fsp3) is 0.500. The lowest BCUT2D eigenvalue weighted by molar-refractivity contribution is 0.0692. The Bertz CT molecular complexity index is 501. The third kappa shape index (κ3) is 1.69. The van der Waals surface area contributed by atoms with Crippen LogP contribution in [-0.4, -0.2) is 47.1 Å². The third-order valence-corrected chi connectivity index (χ3v) is 4.37. The highest BCUT2D eigenvalue weighted by molar-refractivity contribution is 7.89. The second-order valence-corrected chi connectivity index (χ2v) is 5.40. The van der Waals surface area contributed by atoms with E-state index in [9.17, 15) is 13.2 Å². The molecule has 0 spiro atoms. The van der Waals surface area contributed by atoms with Crippen molar-refractivity contribution in [2.75, 3.05) is 13.1 Å². The predicted octanol–water partition coefficient (Wildman–Crippen LogP) is -0.108. The number of carbonyl (C=O) groups is 1. The summed E-state index contributed by atoms with van der Waals surface area (Å²) in [6.07, 6.45) is 2.61. The number of carboxylic acids is 1. The van der Waals surface area contributed by atoms with Crippen LogP contribution >= 0.6 is 0 Å². The van der Waals surface area contributed by atoms with Gasteiger partial charge in [-0.1, -0.05) is 0 Å². The number of hydrogen-bond donors (Lipinski definition) is 2. The molecule has 0 radical (unpaired) electrons. The maximum absolute atomic E-state index is 12.0. The minimum absolute atomic E-state index is 0.313. The van der Waals surface area contributed by atoms with Crippen LogP contribution in [0.1, 0.15) is 23.2 Å². The zero-order valence-corrected chi connectivity index (χ0v) is 9.20. The zero-order chi connectivity index (χ0) is 11.8. The molecule has 1 fully saturated rings. The van der Waals surface area contributed by atoms with Gasteiger partial charge in [-0.05, 0) is 12.8 Å². The van der Waals surface area contributed by atoms with Crippen molar-refractivity contribution in [1.82, 2.24) is 14.5 Å². The summed E-state index contributed by atoms with van der Waals surface area (Å²) in [6.45, 7) is 0.862. The standard InChI is InChI=1S/C8H11N3O4S/c12-8(13)6-5-9-10-7(6)16(14,15)11-3-1-2-4-11/h5H,1-4H2,(H,9,10)(H,12,13). The normalized spacial score (nSPS) is 17.8. The summed E-state index contributed by atoms with van der Waals surface area (Å²) in [5.41, 5.74) is -0.313. The van der Waals surface area contributed by atoms with Crippen LogP contribution in [0.4, 0.5) is 0 Å². The van der Waals surface area contributed by atoms with Crippen LogP contribution in [0.2, 0.25) is 0 Å². The van der Waals surface area contributed by atoms with Crippen molar-refractivity contribution >= 4 is 16.0 Å². The van der Waals surface area contributed by atoms with E-state index in [2.05, 4.69) is 10.2 Å². The number of hydrogen-bond acceptors (Lipinski definition) is 4. The molecule has 2 N–H and O–H groups in total. The molecule has 1 aliphatic rings. The molecule has 0 aliphatic carbocycles. The average molecular weight is 245 g/mol. The predicted molar refractivity (Wildman–Crippen MR) is 53.5 cm³/mol. The van der Waals surface area contributed by atoms with Gasteiger partial charge in [0.2, 0.25) is 0 Å². The minimum atomic E-state index is -3.74. The van der Waals surface area contributed by atoms with E-state index >= 15 is 0 Å². The minimum Gasteiger partial charge on any atom is -0.478 e. The van der Waals surface area contributed by atoms with E-state index in [-0.39, 0.29) is 10.6 Å². The first kappa shape index (κ1) is 11.1. The quantitative estimate of drug-likeness (QED) is 0.773. The van der Waals surface area contributed by atoms with Gasteiger partial charge < -0.3 is 5.11 Å². The Morgan fingerprint density at radius 1 is 1.44 bits per heavy atom. The molecule has 0 aromatic carbocycles. The summed E-state index contributed by atoms with van der Waals surface area (Å²) in [7, 11) is -3.74. The van der Waals surface area contributed by atoms with Gasteiger partial charge in [0.15, 0.2) is 5.03 Å². The first-order valence-electron chi connectivity index (χ1n) is 4.80. The average Bonchev–Trinajstić information content (AvgIpc) is 2.89. The summed E-state index contributed by atoms with van der Waals surface area (Å²) in [5, 5.41) is 14.2. The van der Waals surface area contributed by atoms with Gasteiger partial charge in [0, 0.05) is 13.1 Å². The van der Waals surface area contributed by atoms with E-state index in [1.165, 1.54) is 4.31 Å². The van der Waals surface area contributed by atoms with Gasteiger partial charge in [-0.15, -0.1) is 0 Å². The number of nitrogens with zero attached hydrogens (tertiary/aromatic N) is 2.